The molecular formula is C42H47BrN2. The quantitative estimate of drug-likeness (QED) is 0.179. The van der Waals surface area contributed by atoms with Gasteiger partial charge >= 0.3 is 0 Å². The summed E-state index contributed by atoms with van der Waals surface area (Å²) in [5.41, 5.74) is 15.0. The zero-order chi connectivity index (χ0) is 32.7. The largest absolute Gasteiger partial charge is 0.310 e. The van der Waals surface area contributed by atoms with E-state index >= 15 is 0 Å². The summed E-state index contributed by atoms with van der Waals surface area (Å²) in [6.45, 7) is 22.7. The predicted octanol–water partition coefficient (Wildman–Crippen LogP) is 13.2. The first-order chi connectivity index (χ1) is 21.1. The van der Waals surface area contributed by atoms with E-state index in [0.29, 0.717) is 0 Å². The molecule has 2 nitrogen and oxygen atoms in total. The molecule has 0 fully saturated rings. The SMILES string of the molecule is Cc1cc(C(C)(C)C)cc(C)c1N(c1ccccc1)c1ccc(N(c2ccc(Br)cc2)c2c(C)cc(C(C)(C)C)cc2C)cc1. The third kappa shape index (κ3) is 6.89. The molecule has 0 unspecified atom stereocenters. The van der Waals surface area contributed by atoms with Crippen molar-refractivity contribution in [3.63, 3.8) is 0 Å². The topological polar surface area (TPSA) is 6.48 Å². The summed E-state index contributed by atoms with van der Waals surface area (Å²) in [6.07, 6.45) is 0. The molecule has 5 aromatic carbocycles. The van der Waals surface area contributed by atoms with E-state index < -0.39 is 0 Å². The van der Waals surface area contributed by atoms with Crippen LogP contribution in [0.15, 0.2) is 108 Å². The monoisotopic (exact) mass is 658 g/mol. The molecule has 232 valence electrons. The molecule has 0 amide bonds. The third-order valence-corrected chi connectivity index (χ3v) is 9.16. The Balaban J connectivity index is 1.66. The van der Waals surface area contributed by atoms with Crippen molar-refractivity contribution in [2.75, 3.05) is 9.80 Å². The molecule has 5 aromatic rings. The van der Waals surface area contributed by atoms with Gasteiger partial charge in [0.2, 0.25) is 0 Å². The van der Waals surface area contributed by atoms with Gasteiger partial charge in [-0.2, -0.15) is 0 Å². The van der Waals surface area contributed by atoms with Crippen molar-refractivity contribution in [1.29, 1.82) is 0 Å². The van der Waals surface area contributed by atoms with Gasteiger partial charge in [0.15, 0.2) is 0 Å². The molecule has 0 radical (unpaired) electrons. The van der Waals surface area contributed by atoms with Crippen LogP contribution in [0.3, 0.4) is 0 Å². The number of rotatable bonds is 6. The summed E-state index contributed by atoms with van der Waals surface area (Å²) in [5, 5.41) is 0. The number of halogens is 1. The Labute approximate surface area is 279 Å². The van der Waals surface area contributed by atoms with Crippen LogP contribution in [-0.4, -0.2) is 0 Å². The van der Waals surface area contributed by atoms with Crippen molar-refractivity contribution in [3.8, 4) is 0 Å². The minimum atomic E-state index is 0.0837. The van der Waals surface area contributed by atoms with Gasteiger partial charge in [0.05, 0.1) is 11.4 Å². The fraction of sp³-hybridized carbons (Fsp3) is 0.286. The summed E-state index contributed by atoms with van der Waals surface area (Å²) < 4.78 is 1.07. The second-order valence-corrected chi connectivity index (χ2v) is 15.3. The molecule has 0 aromatic heterocycles. The summed E-state index contributed by atoms with van der Waals surface area (Å²) in [6, 6.07) is 37.8. The van der Waals surface area contributed by atoms with Gasteiger partial charge in [0, 0.05) is 27.2 Å². The molecule has 0 heterocycles. The number of anilines is 6. The Morgan fingerprint density at radius 1 is 0.422 bits per heavy atom. The molecular weight excluding hydrogens is 612 g/mol. The van der Waals surface area contributed by atoms with Crippen LogP contribution >= 0.6 is 15.9 Å². The van der Waals surface area contributed by atoms with Crippen LogP contribution in [0.2, 0.25) is 0 Å². The standard InChI is InChI=1S/C42H47BrN2/c1-28-24-32(41(5,6)7)25-29(2)39(28)44(35-14-12-11-13-15-35)37-20-22-38(23-21-37)45(36-18-16-34(43)17-19-36)40-30(3)26-33(27-31(40)4)42(8,9)10/h11-27H,1-10H3. The Morgan fingerprint density at radius 3 is 1.02 bits per heavy atom. The average Bonchev–Trinajstić information content (AvgIpc) is 2.97. The Morgan fingerprint density at radius 2 is 0.711 bits per heavy atom. The first-order valence-electron chi connectivity index (χ1n) is 15.9. The van der Waals surface area contributed by atoms with E-state index in [4.69, 9.17) is 0 Å². The van der Waals surface area contributed by atoms with Gasteiger partial charge in [-0.3, -0.25) is 0 Å². The lowest BCUT2D eigenvalue weighted by Crippen LogP contribution is -2.17. The Hall–Kier alpha value is -3.82. The molecule has 0 N–H and O–H groups in total. The van der Waals surface area contributed by atoms with Crippen LogP contribution < -0.4 is 9.80 Å². The lowest BCUT2D eigenvalue weighted by molar-refractivity contribution is 0.589. The maximum atomic E-state index is 3.64. The highest BCUT2D eigenvalue weighted by Crippen LogP contribution is 2.44. The summed E-state index contributed by atoms with van der Waals surface area (Å²) in [7, 11) is 0. The van der Waals surface area contributed by atoms with Crippen molar-refractivity contribution in [3.05, 3.63) is 141 Å². The van der Waals surface area contributed by atoms with Gasteiger partial charge < -0.3 is 9.80 Å². The van der Waals surface area contributed by atoms with Crippen LogP contribution in [0.4, 0.5) is 34.1 Å². The summed E-state index contributed by atoms with van der Waals surface area (Å²) in [4.78, 5) is 4.80. The van der Waals surface area contributed by atoms with Gasteiger partial charge in [0.25, 0.3) is 0 Å². The minimum Gasteiger partial charge on any atom is -0.310 e. The molecule has 0 saturated heterocycles. The smallest absolute Gasteiger partial charge is 0.0520 e. The lowest BCUT2D eigenvalue weighted by atomic mass is 9.84. The van der Waals surface area contributed by atoms with Crippen LogP contribution in [0, 0.1) is 27.7 Å². The zero-order valence-corrected chi connectivity index (χ0v) is 30.2. The summed E-state index contributed by atoms with van der Waals surface area (Å²) in [5.74, 6) is 0. The van der Waals surface area contributed by atoms with Crippen molar-refractivity contribution < 1.29 is 0 Å². The number of para-hydroxylation sites is 1. The Bertz CT molecular complexity index is 1740. The highest BCUT2D eigenvalue weighted by Gasteiger charge is 2.24. The molecule has 0 saturated carbocycles. The third-order valence-electron chi connectivity index (χ3n) is 8.63. The second-order valence-electron chi connectivity index (χ2n) is 14.4. The fourth-order valence-electron chi connectivity index (χ4n) is 6.22. The fourth-order valence-corrected chi connectivity index (χ4v) is 6.48. The Kier molecular flexibility index (Phi) is 9.06. The number of hydrogen-bond acceptors (Lipinski definition) is 2. The van der Waals surface area contributed by atoms with Crippen molar-refractivity contribution in [1.82, 2.24) is 0 Å². The molecule has 0 aliphatic rings. The highest BCUT2D eigenvalue weighted by molar-refractivity contribution is 9.10. The van der Waals surface area contributed by atoms with Gasteiger partial charge in [-0.15, -0.1) is 0 Å². The van der Waals surface area contributed by atoms with E-state index in [9.17, 15) is 0 Å². The molecule has 0 aliphatic heterocycles. The molecule has 0 aliphatic carbocycles. The minimum absolute atomic E-state index is 0.0837. The van der Waals surface area contributed by atoms with Crippen LogP contribution in [0.25, 0.3) is 0 Å². The average molecular weight is 660 g/mol. The van der Waals surface area contributed by atoms with Crippen LogP contribution in [0.5, 0.6) is 0 Å². The molecule has 3 heteroatoms. The molecule has 45 heavy (non-hydrogen) atoms. The van der Waals surface area contributed by atoms with Crippen LogP contribution in [0.1, 0.15) is 74.9 Å². The van der Waals surface area contributed by atoms with E-state index in [1.807, 2.05) is 0 Å². The molecule has 0 atom stereocenters. The van der Waals surface area contributed by atoms with Crippen LogP contribution in [-0.2, 0) is 10.8 Å². The zero-order valence-electron chi connectivity index (χ0n) is 28.6. The van der Waals surface area contributed by atoms with Gasteiger partial charge in [-0.05, 0) is 133 Å². The molecule has 0 spiro atoms. The maximum Gasteiger partial charge on any atom is 0.0520 e. The van der Waals surface area contributed by atoms with E-state index in [0.717, 1.165) is 27.2 Å². The molecule has 0 bridgehead atoms. The predicted molar refractivity (Wildman–Crippen MR) is 200 cm³/mol. The van der Waals surface area contributed by atoms with E-state index in [-0.39, 0.29) is 10.8 Å². The number of aryl methyl sites for hydroxylation is 4. The molecule has 5 rings (SSSR count). The summed E-state index contributed by atoms with van der Waals surface area (Å²) >= 11 is 3.64. The normalized spacial score (nSPS) is 11.9. The van der Waals surface area contributed by atoms with E-state index in [1.165, 1.54) is 44.8 Å². The number of hydrogen-bond donors (Lipinski definition) is 0. The first-order valence-corrected chi connectivity index (χ1v) is 16.7. The highest BCUT2D eigenvalue weighted by atomic mass is 79.9. The van der Waals surface area contributed by atoms with E-state index in [2.05, 4.69) is 198 Å². The lowest BCUT2D eigenvalue weighted by Gasteiger charge is -2.32. The van der Waals surface area contributed by atoms with Gasteiger partial charge in [-0.1, -0.05) is 99.9 Å². The van der Waals surface area contributed by atoms with Crippen molar-refractivity contribution in [2.45, 2.75) is 80.1 Å². The second kappa shape index (κ2) is 12.5. The van der Waals surface area contributed by atoms with Crippen molar-refractivity contribution in [2.24, 2.45) is 0 Å². The van der Waals surface area contributed by atoms with E-state index in [1.54, 1.807) is 0 Å². The first kappa shape index (κ1) is 32.6. The number of benzene rings is 5. The van der Waals surface area contributed by atoms with Gasteiger partial charge in [-0.25, -0.2) is 0 Å². The number of nitrogens with zero attached hydrogens (tertiary/aromatic N) is 2. The maximum absolute atomic E-state index is 3.64. The van der Waals surface area contributed by atoms with Gasteiger partial charge in [0.1, 0.15) is 0 Å². The van der Waals surface area contributed by atoms with Crippen molar-refractivity contribution >= 4 is 50.1 Å².